The third-order valence-electron chi connectivity index (χ3n) is 2.47. The van der Waals surface area contributed by atoms with Crippen molar-refractivity contribution in [1.29, 1.82) is 0 Å². The van der Waals surface area contributed by atoms with E-state index in [0.717, 1.165) is 12.0 Å². The Bertz CT molecular complexity index is 358. The maximum atomic E-state index is 11.7. The fraction of sp³-hybridized carbons (Fsp3) is 0.462. The summed E-state index contributed by atoms with van der Waals surface area (Å²) in [4.78, 5) is 11.7. The van der Waals surface area contributed by atoms with Crippen LogP contribution < -0.4 is 0 Å². The van der Waals surface area contributed by atoms with Crippen molar-refractivity contribution in [2.24, 2.45) is 5.92 Å². The highest BCUT2D eigenvalue weighted by molar-refractivity contribution is 5.78. The van der Waals surface area contributed by atoms with E-state index < -0.39 is 0 Å². The number of benzene rings is 1. The number of rotatable bonds is 4. The number of carbonyl (C=O) groups excluding carboxylic acids is 1. The van der Waals surface area contributed by atoms with Gasteiger partial charge < -0.3 is 9.84 Å². The number of methoxy groups -OCH3 is 1. The van der Waals surface area contributed by atoms with Crippen LogP contribution in [0, 0.1) is 5.92 Å². The zero-order valence-electron chi connectivity index (χ0n) is 9.93. The van der Waals surface area contributed by atoms with Gasteiger partial charge in [0.2, 0.25) is 0 Å². The number of esters is 1. The summed E-state index contributed by atoms with van der Waals surface area (Å²) in [6.07, 6.45) is 0.718. The van der Waals surface area contributed by atoms with Gasteiger partial charge in [-0.05, 0) is 30.0 Å². The summed E-state index contributed by atoms with van der Waals surface area (Å²) < 4.78 is 4.79. The van der Waals surface area contributed by atoms with Crippen LogP contribution >= 0.6 is 0 Å². The number of hydrogen-bond donors (Lipinski definition) is 1. The molecule has 0 fully saturated rings. The average molecular weight is 222 g/mol. The molecule has 0 bridgehead atoms. The highest BCUT2D eigenvalue weighted by atomic mass is 16.5. The minimum absolute atomic E-state index is 0.176. The van der Waals surface area contributed by atoms with Crippen molar-refractivity contribution < 1.29 is 14.6 Å². The van der Waals surface area contributed by atoms with Crippen molar-refractivity contribution in [2.75, 3.05) is 7.11 Å². The molecule has 1 aromatic rings. The third kappa shape index (κ3) is 3.26. The molecule has 1 rings (SSSR count). The Morgan fingerprint density at radius 2 is 2.12 bits per heavy atom. The molecule has 0 spiro atoms. The van der Waals surface area contributed by atoms with E-state index in [0.29, 0.717) is 5.92 Å². The first-order valence-electron chi connectivity index (χ1n) is 5.41. The Morgan fingerprint density at radius 1 is 1.44 bits per heavy atom. The molecule has 0 radical (unpaired) electrons. The largest absolute Gasteiger partial charge is 0.508 e. The van der Waals surface area contributed by atoms with E-state index in [1.807, 2.05) is 6.07 Å². The van der Waals surface area contributed by atoms with Gasteiger partial charge in [-0.2, -0.15) is 0 Å². The molecule has 0 aromatic heterocycles. The molecular weight excluding hydrogens is 204 g/mol. The fourth-order valence-corrected chi connectivity index (χ4v) is 1.72. The lowest BCUT2D eigenvalue weighted by molar-refractivity contribution is -0.142. The van der Waals surface area contributed by atoms with Crippen LogP contribution in [0.25, 0.3) is 0 Å². The van der Waals surface area contributed by atoms with Crippen LogP contribution in [0.1, 0.15) is 31.7 Å². The molecule has 1 aromatic carbocycles. The standard InChI is InChI=1S/C13H18O3/c1-9(2)7-12(13(15)16-3)10-5-4-6-11(14)8-10/h4-6,8-9,12,14H,7H2,1-3H3/t12-/m0/s1. The van der Waals surface area contributed by atoms with E-state index in [9.17, 15) is 9.90 Å². The second-order valence-electron chi connectivity index (χ2n) is 4.30. The number of carbonyl (C=O) groups is 1. The first-order valence-corrected chi connectivity index (χ1v) is 5.41. The summed E-state index contributed by atoms with van der Waals surface area (Å²) >= 11 is 0. The predicted molar refractivity (Wildman–Crippen MR) is 62.3 cm³/mol. The summed E-state index contributed by atoms with van der Waals surface area (Å²) in [5, 5.41) is 9.40. The number of phenols is 1. The number of phenolic OH excluding ortho intramolecular Hbond substituents is 1. The maximum absolute atomic E-state index is 11.7. The van der Waals surface area contributed by atoms with Crippen LogP contribution in [0.3, 0.4) is 0 Å². The quantitative estimate of drug-likeness (QED) is 0.797. The van der Waals surface area contributed by atoms with Gasteiger partial charge in [0.15, 0.2) is 0 Å². The van der Waals surface area contributed by atoms with Gasteiger partial charge in [0, 0.05) is 0 Å². The minimum Gasteiger partial charge on any atom is -0.508 e. The first kappa shape index (κ1) is 12.6. The van der Waals surface area contributed by atoms with Crippen LogP contribution in [0.5, 0.6) is 5.75 Å². The lowest BCUT2D eigenvalue weighted by Crippen LogP contribution is -2.16. The van der Waals surface area contributed by atoms with E-state index in [-0.39, 0.29) is 17.6 Å². The van der Waals surface area contributed by atoms with Crippen molar-refractivity contribution >= 4 is 5.97 Å². The van der Waals surface area contributed by atoms with Gasteiger partial charge >= 0.3 is 5.97 Å². The number of hydrogen-bond acceptors (Lipinski definition) is 3. The van der Waals surface area contributed by atoms with E-state index >= 15 is 0 Å². The molecule has 1 atom stereocenters. The summed E-state index contributed by atoms with van der Waals surface area (Å²) in [5.74, 6) is 0.0259. The maximum Gasteiger partial charge on any atom is 0.313 e. The predicted octanol–water partition coefficient (Wildman–Crippen LogP) is 2.69. The van der Waals surface area contributed by atoms with Crippen LogP contribution in [-0.2, 0) is 9.53 Å². The molecule has 0 aliphatic heterocycles. The molecule has 3 nitrogen and oxygen atoms in total. The van der Waals surface area contributed by atoms with Crippen molar-refractivity contribution in [3.05, 3.63) is 29.8 Å². The highest BCUT2D eigenvalue weighted by Crippen LogP contribution is 2.27. The van der Waals surface area contributed by atoms with Crippen LogP contribution in [0.2, 0.25) is 0 Å². The second-order valence-corrected chi connectivity index (χ2v) is 4.30. The molecule has 0 saturated carbocycles. The molecule has 1 N–H and O–H groups in total. The summed E-state index contributed by atoms with van der Waals surface area (Å²) in [6.45, 7) is 4.11. The van der Waals surface area contributed by atoms with Crippen molar-refractivity contribution in [1.82, 2.24) is 0 Å². The molecule has 0 aliphatic rings. The van der Waals surface area contributed by atoms with Crippen molar-refractivity contribution in [2.45, 2.75) is 26.2 Å². The topological polar surface area (TPSA) is 46.5 Å². The van der Waals surface area contributed by atoms with E-state index in [1.54, 1.807) is 18.2 Å². The normalized spacial score (nSPS) is 12.5. The van der Waals surface area contributed by atoms with Gasteiger partial charge in [-0.1, -0.05) is 26.0 Å². The van der Waals surface area contributed by atoms with Gasteiger partial charge in [0.25, 0.3) is 0 Å². The SMILES string of the molecule is COC(=O)[C@@H](CC(C)C)c1cccc(O)c1. The molecule has 0 unspecified atom stereocenters. The van der Waals surface area contributed by atoms with Crippen LogP contribution in [0.15, 0.2) is 24.3 Å². The Balaban J connectivity index is 2.96. The summed E-state index contributed by atoms with van der Waals surface area (Å²) in [5.41, 5.74) is 0.806. The zero-order chi connectivity index (χ0) is 12.1. The van der Waals surface area contributed by atoms with E-state index in [1.165, 1.54) is 7.11 Å². The van der Waals surface area contributed by atoms with Crippen LogP contribution in [-0.4, -0.2) is 18.2 Å². The van der Waals surface area contributed by atoms with E-state index in [2.05, 4.69) is 13.8 Å². The zero-order valence-corrected chi connectivity index (χ0v) is 9.93. The Hall–Kier alpha value is -1.51. The minimum atomic E-state index is -0.294. The fourth-order valence-electron chi connectivity index (χ4n) is 1.72. The van der Waals surface area contributed by atoms with Crippen LogP contribution in [0.4, 0.5) is 0 Å². The Kier molecular flexibility index (Phi) is 4.35. The smallest absolute Gasteiger partial charge is 0.313 e. The molecule has 88 valence electrons. The lowest BCUT2D eigenvalue weighted by atomic mass is 9.90. The average Bonchev–Trinajstić information content (AvgIpc) is 2.24. The number of aromatic hydroxyl groups is 1. The summed E-state index contributed by atoms with van der Waals surface area (Å²) in [7, 11) is 1.39. The van der Waals surface area contributed by atoms with Crippen molar-refractivity contribution in [3.63, 3.8) is 0 Å². The first-order chi connectivity index (χ1) is 7.54. The highest BCUT2D eigenvalue weighted by Gasteiger charge is 2.22. The molecule has 0 heterocycles. The molecule has 3 heteroatoms. The molecular formula is C13H18O3. The van der Waals surface area contributed by atoms with Gasteiger partial charge in [-0.15, -0.1) is 0 Å². The Labute approximate surface area is 96.1 Å². The second kappa shape index (κ2) is 5.54. The monoisotopic (exact) mass is 222 g/mol. The van der Waals surface area contributed by atoms with Crippen molar-refractivity contribution in [3.8, 4) is 5.75 Å². The lowest BCUT2D eigenvalue weighted by Gasteiger charge is -2.17. The Morgan fingerprint density at radius 3 is 2.62 bits per heavy atom. The molecule has 0 saturated heterocycles. The van der Waals surface area contributed by atoms with Gasteiger partial charge in [-0.3, -0.25) is 4.79 Å². The molecule has 0 amide bonds. The van der Waals surface area contributed by atoms with Gasteiger partial charge in [0.05, 0.1) is 13.0 Å². The molecule has 16 heavy (non-hydrogen) atoms. The van der Waals surface area contributed by atoms with Gasteiger partial charge in [0.1, 0.15) is 5.75 Å². The van der Waals surface area contributed by atoms with Gasteiger partial charge in [-0.25, -0.2) is 0 Å². The number of ether oxygens (including phenoxy) is 1. The van der Waals surface area contributed by atoms with E-state index in [4.69, 9.17) is 4.74 Å². The molecule has 0 aliphatic carbocycles. The summed E-state index contributed by atoms with van der Waals surface area (Å²) in [6, 6.07) is 6.78. The third-order valence-corrected chi connectivity index (χ3v) is 2.47.